The minimum absolute atomic E-state index is 0.267. The number of ether oxygens (including phenoxy) is 1. The van der Waals surface area contributed by atoms with Gasteiger partial charge in [0.2, 0.25) is 0 Å². The highest BCUT2D eigenvalue weighted by Gasteiger charge is 2.24. The summed E-state index contributed by atoms with van der Waals surface area (Å²) >= 11 is 6.36. The Balaban J connectivity index is 1.78. The summed E-state index contributed by atoms with van der Waals surface area (Å²) in [4.78, 5) is 25.4. The number of aromatic nitrogens is 1. The molecule has 2 unspecified atom stereocenters. The third-order valence-corrected chi connectivity index (χ3v) is 5.89. The number of rotatable bonds is 6. The molecule has 0 fully saturated rings. The second-order valence-electron chi connectivity index (χ2n) is 9.40. The van der Waals surface area contributed by atoms with Gasteiger partial charge in [0, 0.05) is 12.4 Å². The van der Waals surface area contributed by atoms with Crippen molar-refractivity contribution in [1.29, 1.82) is 0 Å². The quantitative estimate of drug-likeness (QED) is 0.494. The molecule has 2 atom stereocenters. The third-order valence-electron chi connectivity index (χ3n) is 5.58. The number of amides is 1. The summed E-state index contributed by atoms with van der Waals surface area (Å²) in [6.07, 6.45) is 0. The maximum Gasteiger partial charge on any atom is 0.313 e. The van der Waals surface area contributed by atoms with Gasteiger partial charge >= 0.3 is 5.97 Å². The van der Waals surface area contributed by atoms with Crippen LogP contribution < -0.4 is 5.32 Å². The molecule has 6 nitrogen and oxygen atoms in total. The van der Waals surface area contributed by atoms with Gasteiger partial charge in [-0.25, -0.2) is 0 Å². The number of fused-ring (bicyclic) bond motifs is 1. The molecule has 3 rings (SSSR count). The molecule has 0 aliphatic carbocycles. The summed E-state index contributed by atoms with van der Waals surface area (Å²) in [5.41, 5.74) is 3.31. The predicted octanol–water partition coefficient (Wildman–Crippen LogP) is 5.05. The van der Waals surface area contributed by atoms with Crippen LogP contribution >= 0.6 is 11.6 Å². The lowest BCUT2D eigenvalue weighted by molar-refractivity contribution is -0.156. The number of aliphatic hydroxyl groups is 1. The number of aliphatic hydroxyl groups excluding tert-OH is 1. The zero-order chi connectivity index (χ0) is 24.5. The molecule has 3 aromatic rings. The smallest absolute Gasteiger partial charge is 0.313 e. The number of nitrogens with zero attached hydrogens (tertiary/aromatic N) is 1. The molecule has 2 N–H and O–H groups in total. The molecule has 0 saturated carbocycles. The summed E-state index contributed by atoms with van der Waals surface area (Å²) in [6, 6.07) is 12.2. The molecule has 0 saturated heterocycles. The van der Waals surface area contributed by atoms with Gasteiger partial charge in [0.25, 0.3) is 5.91 Å². The minimum Gasteiger partial charge on any atom is -0.460 e. The summed E-state index contributed by atoms with van der Waals surface area (Å²) in [5.74, 6) is -1.04. The average Bonchev–Trinajstić information content (AvgIpc) is 3.07. The van der Waals surface area contributed by atoms with E-state index in [-0.39, 0.29) is 18.5 Å². The van der Waals surface area contributed by atoms with E-state index in [1.165, 1.54) is 0 Å². The summed E-state index contributed by atoms with van der Waals surface area (Å²) in [6.45, 7) is 8.98. The van der Waals surface area contributed by atoms with Crippen molar-refractivity contribution in [2.75, 3.05) is 6.61 Å². The van der Waals surface area contributed by atoms with Crippen LogP contribution in [0.5, 0.6) is 0 Å². The van der Waals surface area contributed by atoms with E-state index in [0.717, 1.165) is 27.6 Å². The van der Waals surface area contributed by atoms with Crippen LogP contribution in [0.3, 0.4) is 0 Å². The van der Waals surface area contributed by atoms with E-state index in [4.69, 9.17) is 16.3 Å². The Bertz CT molecular complexity index is 1180. The molecule has 0 bridgehead atoms. The van der Waals surface area contributed by atoms with Gasteiger partial charge in [0.1, 0.15) is 11.3 Å². The Labute approximate surface area is 199 Å². The Morgan fingerprint density at radius 2 is 1.73 bits per heavy atom. The lowest BCUT2D eigenvalue weighted by Gasteiger charge is -2.23. The Kier molecular flexibility index (Phi) is 7.20. The Morgan fingerprint density at radius 3 is 2.30 bits per heavy atom. The van der Waals surface area contributed by atoms with Crippen LogP contribution in [0.25, 0.3) is 10.9 Å². The highest BCUT2D eigenvalue weighted by atomic mass is 35.5. The van der Waals surface area contributed by atoms with Crippen molar-refractivity contribution in [3.05, 3.63) is 69.9 Å². The fourth-order valence-corrected chi connectivity index (χ4v) is 4.07. The van der Waals surface area contributed by atoms with Crippen LogP contribution in [0.15, 0.2) is 42.5 Å². The Hall–Kier alpha value is -2.83. The molecular weight excluding hydrogens is 440 g/mol. The molecule has 2 aromatic carbocycles. The highest BCUT2D eigenvalue weighted by molar-refractivity contribution is 6.35. The predicted molar refractivity (Wildman–Crippen MR) is 131 cm³/mol. The van der Waals surface area contributed by atoms with Crippen molar-refractivity contribution in [2.45, 2.75) is 52.2 Å². The molecular formula is C26H31ClN2O4. The first-order chi connectivity index (χ1) is 15.4. The molecule has 0 spiro atoms. The van der Waals surface area contributed by atoms with E-state index in [0.29, 0.717) is 10.7 Å². The lowest BCUT2D eigenvalue weighted by Crippen LogP contribution is -2.32. The molecule has 0 aliphatic heterocycles. The number of esters is 1. The van der Waals surface area contributed by atoms with Crippen molar-refractivity contribution >= 4 is 34.4 Å². The topological polar surface area (TPSA) is 80.6 Å². The van der Waals surface area contributed by atoms with Crippen molar-refractivity contribution in [2.24, 2.45) is 7.05 Å². The van der Waals surface area contributed by atoms with Crippen LogP contribution in [0.4, 0.5) is 0 Å². The zero-order valence-electron chi connectivity index (χ0n) is 19.9. The molecule has 1 heterocycles. The van der Waals surface area contributed by atoms with Crippen molar-refractivity contribution in [1.82, 2.24) is 9.88 Å². The second-order valence-corrected chi connectivity index (χ2v) is 9.81. The number of hydrogen-bond acceptors (Lipinski definition) is 4. The van der Waals surface area contributed by atoms with Crippen molar-refractivity contribution in [3.63, 3.8) is 0 Å². The first-order valence-electron chi connectivity index (χ1n) is 10.9. The molecule has 0 aliphatic rings. The molecule has 176 valence electrons. The first kappa shape index (κ1) is 24.8. The summed E-state index contributed by atoms with van der Waals surface area (Å²) in [5, 5.41) is 14.2. The summed E-state index contributed by atoms with van der Waals surface area (Å²) in [7, 11) is 1.81. The number of aryl methyl sites for hydroxylation is 2. The van der Waals surface area contributed by atoms with Gasteiger partial charge in [-0.1, -0.05) is 35.9 Å². The minimum atomic E-state index is -0.599. The fourth-order valence-electron chi connectivity index (χ4n) is 3.75. The maximum absolute atomic E-state index is 13.0. The summed E-state index contributed by atoms with van der Waals surface area (Å²) < 4.78 is 7.25. The fraction of sp³-hybridized carbons (Fsp3) is 0.385. The van der Waals surface area contributed by atoms with Crippen LogP contribution in [-0.2, 0) is 16.6 Å². The monoisotopic (exact) mass is 470 g/mol. The number of carbonyl (C=O) groups excluding carboxylic acids is 2. The number of hydrogen-bond donors (Lipinski definition) is 2. The van der Waals surface area contributed by atoms with Gasteiger partial charge in [-0.3, -0.25) is 9.59 Å². The van der Waals surface area contributed by atoms with E-state index in [9.17, 15) is 14.7 Å². The molecule has 0 radical (unpaired) electrons. The molecule has 1 amide bonds. The molecule has 7 heteroatoms. The first-order valence-corrected chi connectivity index (χ1v) is 11.3. The largest absolute Gasteiger partial charge is 0.460 e. The zero-order valence-corrected chi connectivity index (χ0v) is 20.7. The lowest BCUT2D eigenvalue weighted by atomic mass is 9.97. The molecule has 33 heavy (non-hydrogen) atoms. The maximum atomic E-state index is 13.0. The van der Waals surface area contributed by atoms with Gasteiger partial charge in [0.05, 0.1) is 29.1 Å². The van der Waals surface area contributed by atoms with Crippen LogP contribution in [0, 0.1) is 6.92 Å². The van der Waals surface area contributed by atoms with Gasteiger partial charge in [0.15, 0.2) is 0 Å². The van der Waals surface area contributed by atoms with Crippen molar-refractivity contribution < 1.29 is 19.4 Å². The van der Waals surface area contributed by atoms with E-state index in [2.05, 4.69) is 5.32 Å². The van der Waals surface area contributed by atoms with Gasteiger partial charge < -0.3 is 19.7 Å². The van der Waals surface area contributed by atoms with E-state index in [1.807, 2.05) is 59.0 Å². The standard InChI is InChI=1S/C26H31ClN2O4/c1-15-11-20(27)19-13-23(29(6)22(19)12-15)24(31)28-21(14-30)18-9-7-17(8-10-18)16(2)25(32)33-26(3,4)5/h7-13,16,21,30H,14H2,1-6H3,(H,28,31). The van der Waals surface area contributed by atoms with Crippen LogP contribution in [0.1, 0.15) is 66.8 Å². The SMILES string of the molecule is Cc1cc(Cl)c2cc(C(=O)NC(CO)c3ccc(C(C)C(=O)OC(C)(C)C)cc3)n(C)c2c1. The van der Waals surface area contributed by atoms with Crippen LogP contribution in [-0.4, -0.2) is 33.8 Å². The Morgan fingerprint density at radius 1 is 1.12 bits per heavy atom. The van der Waals surface area contributed by atoms with Gasteiger partial charge in [-0.15, -0.1) is 0 Å². The van der Waals surface area contributed by atoms with E-state index >= 15 is 0 Å². The van der Waals surface area contributed by atoms with Gasteiger partial charge in [-0.2, -0.15) is 0 Å². The number of nitrogens with one attached hydrogen (secondary N) is 1. The van der Waals surface area contributed by atoms with Crippen LogP contribution in [0.2, 0.25) is 5.02 Å². The number of halogens is 1. The normalized spacial score (nSPS) is 13.6. The van der Waals surface area contributed by atoms with E-state index in [1.54, 1.807) is 29.7 Å². The third kappa shape index (κ3) is 5.57. The molecule has 1 aromatic heterocycles. The van der Waals surface area contributed by atoms with Gasteiger partial charge in [-0.05, 0) is 69.5 Å². The second kappa shape index (κ2) is 9.57. The number of benzene rings is 2. The number of carbonyl (C=O) groups is 2. The average molecular weight is 471 g/mol. The van der Waals surface area contributed by atoms with E-state index < -0.39 is 17.6 Å². The van der Waals surface area contributed by atoms with Crippen molar-refractivity contribution in [3.8, 4) is 0 Å². The highest BCUT2D eigenvalue weighted by Crippen LogP contribution is 2.28.